The van der Waals surface area contributed by atoms with Crippen LogP contribution in [0.1, 0.15) is 37.3 Å². The third-order valence-corrected chi connectivity index (χ3v) is 4.11. The average Bonchev–Trinajstić information content (AvgIpc) is 3.48. The number of allylic oxidation sites excluding steroid dienone is 1. The number of rotatable bonds is 7. The zero-order valence-electron chi connectivity index (χ0n) is 14.5. The molecule has 0 aliphatic heterocycles. The van der Waals surface area contributed by atoms with Crippen molar-refractivity contribution in [2.75, 3.05) is 6.61 Å². The number of carbonyl (C=O) groups is 1. The molecular formula is C22H23NO2. The Labute approximate surface area is 149 Å². The second-order valence-corrected chi connectivity index (χ2v) is 6.08. The van der Waals surface area contributed by atoms with Crippen LogP contribution in [0.15, 0.2) is 77.3 Å². The normalized spacial score (nSPS) is 13.7. The Balaban J connectivity index is 1.98. The monoisotopic (exact) mass is 333 g/mol. The van der Waals surface area contributed by atoms with E-state index < -0.39 is 6.04 Å². The summed E-state index contributed by atoms with van der Waals surface area (Å²) in [6, 6.07) is 19.5. The first-order chi connectivity index (χ1) is 12.3. The standard InChI is InChI=1S/C22H23NO2/c1-2-25-22(24)20(16-15-17-13-14-17)23-21(18-9-5-3-6-10-18)19-11-7-4-8-12-19/h3-12,15,20H,2,13-14,16H2,1H3. The van der Waals surface area contributed by atoms with Gasteiger partial charge in [0.05, 0.1) is 12.3 Å². The van der Waals surface area contributed by atoms with Crippen LogP contribution in [0.5, 0.6) is 0 Å². The molecule has 0 amide bonds. The molecule has 0 radical (unpaired) electrons. The lowest BCUT2D eigenvalue weighted by atomic mass is 10.0. The predicted molar refractivity (Wildman–Crippen MR) is 101 cm³/mol. The van der Waals surface area contributed by atoms with Gasteiger partial charge in [0.15, 0.2) is 6.04 Å². The molecular weight excluding hydrogens is 310 g/mol. The van der Waals surface area contributed by atoms with Crippen LogP contribution < -0.4 is 0 Å². The van der Waals surface area contributed by atoms with Crippen LogP contribution in [0.3, 0.4) is 0 Å². The van der Waals surface area contributed by atoms with Gasteiger partial charge in [0, 0.05) is 11.1 Å². The highest BCUT2D eigenvalue weighted by atomic mass is 16.5. The van der Waals surface area contributed by atoms with E-state index in [1.165, 1.54) is 5.57 Å². The van der Waals surface area contributed by atoms with Crippen LogP contribution in [0, 0.1) is 0 Å². The van der Waals surface area contributed by atoms with Gasteiger partial charge in [-0.25, -0.2) is 4.79 Å². The fourth-order valence-corrected chi connectivity index (χ4v) is 2.66. The molecule has 128 valence electrons. The van der Waals surface area contributed by atoms with Gasteiger partial charge in [0.1, 0.15) is 0 Å². The molecule has 3 rings (SSSR count). The third-order valence-electron chi connectivity index (χ3n) is 4.11. The SMILES string of the molecule is CCOC(=O)C(CC=C1CC1)N=C(c1ccccc1)c1ccccc1. The van der Waals surface area contributed by atoms with E-state index in [-0.39, 0.29) is 5.97 Å². The van der Waals surface area contributed by atoms with Crippen molar-refractivity contribution in [3.63, 3.8) is 0 Å². The molecule has 0 aromatic heterocycles. The van der Waals surface area contributed by atoms with E-state index in [0.717, 1.165) is 29.7 Å². The van der Waals surface area contributed by atoms with Gasteiger partial charge in [-0.3, -0.25) is 4.99 Å². The van der Waals surface area contributed by atoms with Crippen molar-refractivity contribution >= 4 is 11.7 Å². The largest absolute Gasteiger partial charge is 0.464 e. The molecule has 1 aliphatic rings. The maximum atomic E-state index is 12.4. The summed E-state index contributed by atoms with van der Waals surface area (Å²) < 4.78 is 5.25. The molecule has 0 N–H and O–H groups in total. The molecule has 3 heteroatoms. The smallest absolute Gasteiger partial charge is 0.331 e. The quantitative estimate of drug-likeness (QED) is 0.423. The van der Waals surface area contributed by atoms with E-state index in [9.17, 15) is 4.79 Å². The molecule has 0 bridgehead atoms. The lowest BCUT2D eigenvalue weighted by Crippen LogP contribution is -2.23. The molecule has 3 nitrogen and oxygen atoms in total. The number of ether oxygens (including phenoxy) is 1. The lowest BCUT2D eigenvalue weighted by molar-refractivity contribution is -0.144. The predicted octanol–water partition coefficient (Wildman–Crippen LogP) is 4.57. The van der Waals surface area contributed by atoms with Crippen molar-refractivity contribution in [3.8, 4) is 0 Å². The minimum atomic E-state index is -0.511. The number of nitrogens with zero attached hydrogens (tertiary/aromatic N) is 1. The van der Waals surface area contributed by atoms with Gasteiger partial charge in [-0.2, -0.15) is 0 Å². The van der Waals surface area contributed by atoms with Crippen molar-refractivity contribution < 1.29 is 9.53 Å². The van der Waals surface area contributed by atoms with E-state index in [0.29, 0.717) is 13.0 Å². The van der Waals surface area contributed by atoms with Gasteiger partial charge in [-0.1, -0.05) is 72.3 Å². The Morgan fingerprint density at radius 3 is 2.08 bits per heavy atom. The van der Waals surface area contributed by atoms with Crippen molar-refractivity contribution in [2.45, 2.75) is 32.2 Å². The highest BCUT2D eigenvalue weighted by Gasteiger charge is 2.21. The third kappa shape index (κ3) is 4.90. The maximum absolute atomic E-state index is 12.4. The first-order valence-electron chi connectivity index (χ1n) is 8.81. The number of hydrogen-bond donors (Lipinski definition) is 0. The molecule has 0 spiro atoms. The van der Waals surface area contributed by atoms with E-state index in [4.69, 9.17) is 9.73 Å². The van der Waals surface area contributed by atoms with E-state index in [1.54, 1.807) is 0 Å². The second kappa shape index (κ2) is 8.43. The Morgan fingerprint density at radius 2 is 1.60 bits per heavy atom. The lowest BCUT2D eigenvalue weighted by Gasteiger charge is -2.14. The Bertz CT molecular complexity index is 716. The minimum absolute atomic E-state index is 0.260. The number of benzene rings is 2. The van der Waals surface area contributed by atoms with Crippen LogP contribution >= 0.6 is 0 Å². The zero-order chi connectivity index (χ0) is 17.5. The first-order valence-corrected chi connectivity index (χ1v) is 8.81. The highest BCUT2D eigenvalue weighted by molar-refractivity contribution is 6.13. The summed E-state index contributed by atoms with van der Waals surface area (Å²) in [7, 11) is 0. The first kappa shape index (κ1) is 17.2. The molecule has 1 unspecified atom stereocenters. The van der Waals surface area contributed by atoms with Crippen LogP contribution in [0.25, 0.3) is 0 Å². The second-order valence-electron chi connectivity index (χ2n) is 6.08. The number of hydrogen-bond acceptors (Lipinski definition) is 3. The molecule has 25 heavy (non-hydrogen) atoms. The summed E-state index contributed by atoms with van der Waals surface area (Å²) in [5, 5.41) is 0. The van der Waals surface area contributed by atoms with E-state index in [2.05, 4.69) is 6.08 Å². The summed E-state index contributed by atoms with van der Waals surface area (Å²) in [6.07, 6.45) is 5.02. The Morgan fingerprint density at radius 1 is 1.04 bits per heavy atom. The molecule has 1 aliphatic carbocycles. The fraction of sp³-hybridized carbons (Fsp3) is 0.273. The molecule has 2 aromatic carbocycles. The summed E-state index contributed by atoms with van der Waals surface area (Å²) in [5.74, 6) is -0.260. The number of esters is 1. The van der Waals surface area contributed by atoms with Crippen molar-refractivity contribution in [1.29, 1.82) is 0 Å². The Kier molecular flexibility index (Phi) is 5.78. The summed E-state index contributed by atoms with van der Waals surface area (Å²) in [4.78, 5) is 17.2. The molecule has 2 aromatic rings. The molecule has 1 atom stereocenters. The topological polar surface area (TPSA) is 38.7 Å². The van der Waals surface area contributed by atoms with E-state index >= 15 is 0 Å². The molecule has 1 saturated carbocycles. The maximum Gasteiger partial charge on any atom is 0.331 e. The molecule has 1 fully saturated rings. The minimum Gasteiger partial charge on any atom is -0.464 e. The van der Waals surface area contributed by atoms with Crippen LogP contribution in [-0.4, -0.2) is 24.3 Å². The van der Waals surface area contributed by atoms with Gasteiger partial charge in [0.2, 0.25) is 0 Å². The van der Waals surface area contributed by atoms with Gasteiger partial charge in [0.25, 0.3) is 0 Å². The van der Waals surface area contributed by atoms with Crippen molar-refractivity contribution in [2.24, 2.45) is 4.99 Å². The summed E-state index contributed by atoms with van der Waals surface area (Å²) in [5.41, 5.74) is 4.24. The highest BCUT2D eigenvalue weighted by Crippen LogP contribution is 2.28. The zero-order valence-corrected chi connectivity index (χ0v) is 14.5. The summed E-state index contributed by atoms with van der Waals surface area (Å²) in [6.45, 7) is 2.20. The Hall–Kier alpha value is -2.68. The number of aliphatic imine (C=N–C) groups is 1. The van der Waals surface area contributed by atoms with E-state index in [1.807, 2.05) is 67.6 Å². The van der Waals surface area contributed by atoms with Crippen LogP contribution in [-0.2, 0) is 9.53 Å². The molecule has 0 saturated heterocycles. The van der Waals surface area contributed by atoms with Gasteiger partial charge in [-0.15, -0.1) is 0 Å². The van der Waals surface area contributed by atoms with Gasteiger partial charge in [-0.05, 0) is 26.2 Å². The van der Waals surface area contributed by atoms with Crippen LogP contribution in [0.4, 0.5) is 0 Å². The number of carbonyl (C=O) groups excluding carboxylic acids is 1. The fourth-order valence-electron chi connectivity index (χ4n) is 2.66. The molecule has 0 heterocycles. The van der Waals surface area contributed by atoms with Crippen molar-refractivity contribution in [1.82, 2.24) is 0 Å². The van der Waals surface area contributed by atoms with Gasteiger partial charge >= 0.3 is 5.97 Å². The average molecular weight is 333 g/mol. The van der Waals surface area contributed by atoms with Crippen molar-refractivity contribution in [3.05, 3.63) is 83.4 Å². The van der Waals surface area contributed by atoms with Gasteiger partial charge < -0.3 is 4.74 Å². The van der Waals surface area contributed by atoms with Crippen LogP contribution in [0.2, 0.25) is 0 Å². The summed E-state index contributed by atoms with van der Waals surface area (Å²) >= 11 is 0.